The van der Waals surface area contributed by atoms with E-state index < -0.39 is 0 Å². The van der Waals surface area contributed by atoms with Crippen molar-refractivity contribution < 1.29 is 9.90 Å². The van der Waals surface area contributed by atoms with Crippen LogP contribution >= 0.6 is 0 Å². The number of aryl methyl sites for hydroxylation is 1. The molecular formula is C15H18O2. The van der Waals surface area contributed by atoms with Crippen LogP contribution in [-0.2, 0) is 16.6 Å². The summed E-state index contributed by atoms with van der Waals surface area (Å²) in [6, 6.07) is 5.62. The molecule has 17 heavy (non-hydrogen) atoms. The Kier molecular flexibility index (Phi) is 1.86. The normalized spacial score (nSPS) is 32.5. The largest absolute Gasteiger partial charge is 0.508 e. The Morgan fingerprint density at radius 2 is 2.12 bits per heavy atom. The van der Waals surface area contributed by atoms with Crippen molar-refractivity contribution in [2.24, 2.45) is 11.3 Å². The summed E-state index contributed by atoms with van der Waals surface area (Å²) in [7, 11) is 0. The van der Waals surface area contributed by atoms with Crippen molar-refractivity contribution in [1.29, 1.82) is 0 Å². The van der Waals surface area contributed by atoms with E-state index in [1.807, 2.05) is 12.1 Å². The highest BCUT2D eigenvalue weighted by Gasteiger charge is 2.74. The molecule has 1 spiro atoms. The maximum atomic E-state index is 11.8. The molecule has 1 fully saturated rings. The monoisotopic (exact) mass is 230 g/mol. The van der Waals surface area contributed by atoms with Crippen molar-refractivity contribution in [3.8, 4) is 5.75 Å². The lowest BCUT2D eigenvalue weighted by atomic mass is 9.89. The second-order valence-electron chi connectivity index (χ2n) is 6.08. The fraction of sp³-hybridized carbons (Fsp3) is 0.533. The summed E-state index contributed by atoms with van der Waals surface area (Å²) in [6.07, 6.45) is 2.08. The molecule has 2 aliphatic carbocycles. The number of hydrogen-bond donors (Lipinski definition) is 1. The lowest BCUT2D eigenvalue weighted by Gasteiger charge is -2.14. The second kappa shape index (κ2) is 2.92. The minimum absolute atomic E-state index is 0.00704. The van der Waals surface area contributed by atoms with Gasteiger partial charge in [-0.1, -0.05) is 19.9 Å². The van der Waals surface area contributed by atoms with Crippen LogP contribution in [0.25, 0.3) is 0 Å². The van der Waals surface area contributed by atoms with Gasteiger partial charge in [0.15, 0.2) is 0 Å². The van der Waals surface area contributed by atoms with Gasteiger partial charge in [-0.05, 0) is 48.4 Å². The van der Waals surface area contributed by atoms with Crippen molar-refractivity contribution in [3.05, 3.63) is 29.3 Å². The Bertz CT molecular complexity index is 516. The van der Waals surface area contributed by atoms with Gasteiger partial charge >= 0.3 is 0 Å². The summed E-state index contributed by atoms with van der Waals surface area (Å²) in [5.74, 6) is 0.722. The minimum Gasteiger partial charge on any atom is -0.508 e. The van der Waals surface area contributed by atoms with Gasteiger partial charge in [-0.25, -0.2) is 0 Å². The van der Waals surface area contributed by atoms with Gasteiger partial charge < -0.3 is 5.11 Å². The molecule has 0 aliphatic heterocycles. The molecule has 1 saturated carbocycles. The third-order valence-corrected chi connectivity index (χ3v) is 5.05. The first-order valence-electron chi connectivity index (χ1n) is 6.24. The maximum absolute atomic E-state index is 11.8. The third kappa shape index (κ3) is 1.09. The average molecular weight is 230 g/mol. The standard InChI is InChI=1S/C15H18O2/c1-9(16)13-14(2,3)15(13)7-6-10-4-5-11(17)8-12(10)15/h4-5,8,13,17H,6-7H2,1-3H3/t13-,15-/m0/s1. The summed E-state index contributed by atoms with van der Waals surface area (Å²) in [4.78, 5) is 11.8. The highest BCUT2D eigenvalue weighted by molar-refractivity contribution is 5.87. The molecule has 2 heteroatoms. The number of rotatable bonds is 1. The summed E-state index contributed by atoms with van der Waals surface area (Å²) in [5.41, 5.74) is 2.55. The van der Waals surface area contributed by atoms with E-state index in [0.29, 0.717) is 5.75 Å². The van der Waals surface area contributed by atoms with Gasteiger partial charge in [0.1, 0.15) is 11.5 Å². The zero-order valence-corrected chi connectivity index (χ0v) is 10.6. The number of aromatic hydroxyl groups is 1. The molecule has 0 amide bonds. The molecule has 0 unspecified atom stereocenters. The van der Waals surface area contributed by atoms with Crippen LogP contribution in [-0.4, -0.2) is 10.9 Å². The van der Waals surface area contributed by atoms with E-state index in [0.717, 1.165) is 12.8 Å². The molecule has 0 heterocycles. The molecule has 0 saturated heterocycles. The fourth-order valence-corrected chi connectivity index (χ4v) is 4.34. The Morgan fingerprint density at radius 1 is 1.41 bits per heavy atom. The van der Waals surface area contributed by atoms with Crippen LogP contribution in [0.3, 0.4) is 0 Å². The lowest BCUT2D eigenvalue weighted by molar-refractivity contribution is -0.119. The van der Waals surface area contributed by atoms with Gasteiger partial charge in [-0.3, -0.25) is 4.79 Å². The minimum atomic E-state index is -0.00704. The van der Waals surface area contributed by atoms with E-state index in [1.165, 1.54) is 11.1 Å². The van der Waals surface area contributed by atoms with E-state index in [9.17, 15) is 9.90 Å². The predicted octanol–water partition coefficient (Wildman–Crippen LogP) is 2.82. The van der Waals surface area contributed by atoms with Crippen LogP contribution in [0.5, 0.6) is 5.75 Å². The van der Waals surface area contributed by atoms with E-state index in [-0.39, 0.29) is 22.5 Å². The van der Waals surface area contributed by atoms with Gasteiger partial charge in [0.25, 0.3) is 0 Å². The molecule has 3 rings (SSSR count). The lowest BCUT2D eigenvalue weighted by Crippen LogP contribution is -2.11. The van der Waals surface area contributed by atoms with E-state index in [2.05, 4.69) is 13.8 Å². The number of Topliss-reactive ketones (excluding diaryl/α,β-unsaturated/α-hetero) is 1. The van der Waals surface area contributed by atoms with Gasteiger partial charge in [0, 0.05) is 11.3 Å². The Hall–Kier alpha value is -1.31. The fourth-order valence-electron chi connectivity index (χ4n) is 4.34. The molecule has 2 atom stereocenters. The number of carbonyl (C=O) groups is 1. The highest BCUT2D eigenvalue weighted by Crippen LogP contribution is 2.74. The molecule has 1 aromatic carbocycles. The summed E-state index contributed by atoms with van der Waals surface area (Å²) in [5, 5.41) is 9.67. The molecule has 1 aromatic rings. The first-order valence-corrected chi connectivity index (χ1v) is 6.24. The summed E-state index contributed by atoms with van der Waals surface area (Å²) in [6.45, 7) is 6.05. The molecule has 0 aromatic heterocycles. The SMILES string of the molecule is CC(=O)[C@H]1C(C)(C)[C@]12CCc1ccc(O)cc12. The van der Waals surface area contributed by atoms with Crippen LogP contribution in [0.15, 0.2) is 18.2 Å². The molecule has 0 radical (unpaired) electrons. The molecule has 2 aliphatic rings. The smallest absolute Gasteiger partial charge is 0.134 e. The van der Waals surface area contributed by atoms with Crippen LogP contribution in [0, 0.1) is 11.3 Å². The zero-order chi connectivity index (χ0) is 12.4. The molecule has 1 N–H and O–H groups in total. The van der Waals surface area contributed by atoms with Crippen LogP contribution in [0.2, 0.25) is 0 Å². The maximum Gasteiger partial charge on any atom is 0.134 e. The predicted molar refractivity (Wildman–Crippen MR) is 66.1 cm³/mol. The Balaban J connectivity index is 2.16. The van der Waals surface area contributed by atoms with Crippen LogP contribution in [0.4, 0.5) is 0 Å². The number of phenols is 1. The molecule has 2 nitrogen and oxygen atoms in total. The number of phenolic OH excluding ortho intramolecular Hbond substituents is 1. The van der Waals surface area contributed by atoms with E-state index in [1.54, 1.807) is 13.0 Å². The summed E-state index contributed by atoms with van der Waals surface area (Å²) < 4.78 is 0. The molecule has 0 bridgehead atoms. The van der Waals surface area contributed by atoms with Crippen LogP contribution in [0.1, 0.15) is 38.3 Å². The number of ketones is 1. The quantitative estimate of drug-likeness (QED) is 0.805. The van der Waals surface area contributed by atoms with E-state index in [4.69, 9.17) is 0 Å². The van der Waals surface area contributed by atoms with Crippen molar-refractivity contribution in [2.45, 2.75) is 39.0 Å². The van der Waals surface area contributed by atoms with Gasteiger partial charge in [0.2, 0.25) is 0 Å². The highest BCUT2D eigenvalue weighted by atomic mass is 16.3. The number of carbonyl (C=O) groups excluding carboxylic acids is 1. The summed E-state index contributed by atoms with van der Waals surface area (Å²) >= 11 is 0. The van der Waals surface area contributed by atoms with Crippen molar-refractivity contribution in [3.63, 3.8) is 0 Å². The van der Waals surface area contributed by atoms with Crippen molar-refractivity contribution in [1.82, 2.24) is 0 Å². The second-order valence-corrected chi connectivity index (χ2v) is 6.08. The zero-order valence-electron chi connectivity index (χ0n) is 10.6. The van der Waals surface area contributed by atoms with E-state index >= 15 is 0 Å². The van der Waals surface area contributed by atoms with Crippen LogP contribution < -0.4 is 0 Å². The average Bonchev–Trinajstić information content (AvgIpc) is 2.54. The first-order chi connectivity index (χ1) is 7.91. The van der Waals surface area contributed by atoms with Gasteiger partial charge in [0.05, 0.1) is 0 Å². The topological polar surface area (TPSA) is 37.3 Å². The number of hydrogen-bond acceptors (Lipinski definition) is 2. The third-order valence-electron chi connectivity index (χ3n) is 5.05. The Morgan fingerprint density at radius 3 is 2.71 bits per heavy atom. The van der Waals surface area contributed by atoms with Crippen molar-refractivity contribution >= 4 is 5.78 Å². The first kappa shape index (κ1) is 10.8. The number of fused-ring (bicyclic) bond motifs is 2. The number of benzene rings is 1. The molecule has 90 valence electrons. The molecular weight excluding hydrogens is 212 g/mol. The van der Waals surface area contributed by atoms with Crippen molar-refractivity contribution in [2.75, 3.05) is 0 Å². The van der Waals surface area contributed by atoms with Gasteiger partial charge in [-0.2, -0.15) is 0 Å². The Labute approximate surface area is 102 Å². The van der Waals surface area contributed by atoms with Gasteiger partial charge in [-0.15, -0.1) is 0 Å².